The maximum Gasteiger partial charge on any atom is 0.268 e. The van der Waals surface area contributed by atoms with Crippen molar-refractivity contribution in [2.75, 3.05) is 7.05 Å². The zero-order chi connectivity index (χ0) is 13.5. The van der Waals surface area contributed by atoms with Crippen molar-refractivity contribution < 1.29 is 12.8 Å². The summed E-state index contributed by atoms with van der Waals surface area (Å²) in [4.78, 5) is -0.140. The Bertz CT molecular complexity index is 652. The number of rotatable bonds is 1. The van der Waals surface area contributed by atoms with Gasteiger partial charge in [-0.1, -0.05) is 18.2 Å². The van der Waals surface area contributed by atoms with Crippen molar-refractivity contribution in [3.8, 4) is 0 Å². The number of allylic oxidation sites excluding steroid dienone is 1. The monoisotopic (exact) mass is 269 g/mol. The molecule has 0 atom stereocenters. The Morgan fingerprint density at radius 1 is 1.33 bits per heavy atom. The molecule has 0 unspecified atom stereocenters. The summed E-state index contributed by atoms with van der Waals surface area (Å²) >= 11 is 0. The van der Waals surface area contributed by atoms with Gasteiger partial charge in [0, 0.05) is 18.3 Å². The van der Waals surface area contributed by atoms with E-state index in [0.717, 1.165) is 4.31 Å². The molecule has 0 amide bonds. The van der Waals surface area contributed by atoms with Crippen LogP contribution in [-0.2, 0) is 10.0 Å². The lowest BCUT2D eigenvalue weighted by molar-refractivity contribution is 0.553. The number of halogens is 1. The Hall–Kier alpha value is -1.89. The molecule has 0 saturated carbocycles. The molecule has 96 valence electrons. The van der Waals surface area contributed by atoms with Gasteiger partial charge in [0.1, 0.15) is 10.7 Å². The largest absolute Gasteiger partial charge is 0.328 e. The molecule has 0 fully saturated rings. The fourth-order valence-corrected chi connectivity index (χ4v) is 3.19. The molecule has 0 bridgehead atoms. The van der Waals surface area contributed by atoms with Crippen LogP contribution >= 0.6 is 0 Å². The maximum atomic E-state index is 13.7. The van der Waals surface area contributed by atoms with Crippen LogP contribution in [0.3, 0.4) is 0 Å². The molecule has 1 aliphatic heterocycles. The SMILES string of the molecule is CC1=C(c2ccccc2F)S(=O)(=O)N(C)C(=N)N1. The van der Waals surface area contributed by atoms with Crippen molar-refractivity contribution in [2.24, 2.45) is 0 Å². The average Bonchev–Trinajstić information content (AvgIpc) is 2.29. The smallest absolute Gasteiger partial charge is 0.268 e. The van der Waals surface area contributed by atoms with Crippen LogP contribution in [0.2, 0.25) is 0 Å². The van der Waals surface area contributed by atoms with E-state index >= 15 is 0 Å². The van der Waals surface area contributed by atoms with Gasteiger partial charge >= 0.3 is 0 Å². The molecular weight excluding hydrogens is 257 g/mol. The molecule has 2 rings (SSSR count). The maximum absolute atomic E-state index is 13.7. The van der Waals surface area contributed by atoms with Gasteiger partial charge < -0.3 is 5.32 Å². The molecule has 18 heavy (non-hydrogen) atoms. The van der Waals surface area contributed by atoms with Crippen molar-refractivity contribution in [2.45, 2.75) is 6.92 Å². The predicted octanol–water partition coefficient (Wildman–Crippen LogP) is 1.31. The molecular formula is C11H12FN3O2S. The van der Waals surface area contributed by atoms with Crippen molar-refractivity contribution in [3.05, 3.63) is 41.3 Å². The predicted molar refractivity (Wildman–Crippen MR) is 66.5 cm³/mol. The topological polar surface area (TPSA) is 73.3 Å². The summed E-state index contributed by atoms with van der Waals surface area (Å²) in [6, 6.07) is 5.65. The first kappa shape index (κ1) is 12.6. The first-order chi connectivity index (χ1) is 8.35. The Kier molecular flexibility index (Phi) is 2.86. The summed E-state index contributed by atoms with van der Waals surface area (Å²) in [5.41, 5.74) is 0.241. The van der Waals surface area contributed by atoms with E-state index in [4.69, 9.17) is 5.41 Å². The van der Waals surface area contributed by atoms with Crippen LogP contribution in [0.25, 0.3) is 4.91 Å². The van der Waals surface area contributed by atoms with Gasteiger partial charge in [-0.3, -0.25) is 5.41 Å². The van der Waals surface area contributed by atoms with E-state index in [1.165, 1.54) is 32.2 Å². The number of hydrogen-bond donors (Lipinski definition) is 2. The molecule has 1 aliphatic rings. The van der Waals surface area contributed by atoms with E-state index in [2.05, 4.69) is 5.32 Å². The van der Waals surface area contributed by atoms with E-state index in [9.17, 15) is 12.8 Å². The second-order valence-corrected chi connectivity index (χ2v) is 5.79. The third-order valence-corrected chi connectivity index (χ3v) is 4.64. The zero-order valence-electron chi connectivity index (χ0n) is 9.86. The minimum atomic E-state index is -3.89. The standard InChI is InChI=1S/C11H12FN3O2S/c1-7-10(8-5-3-4-6-9(8)12)18(16,17)15(2)11(13)14-7/h3-6H,1-2H3,(H2,13,14). The second kappa shape index (κ2) is 4.09. The van der Waals surface area contributed by atoms with E-state index in [1.807, 2.05) is 0 Å². The van der Waals surface area contributed by atoms with E-state index in [1.54, 1.807) is 6.07 Å². The van der Waals surface area contributed by atoms with Gasteiger partial charge in [-0.25, -0.2) is 17.1 Å². The molecule has 0 radical (unpaired) electrons. The highest BCUT2D eigenvalue weighted by Gasteiger charge is 2.34. The number of sulfonamides is 1. The lowest BCUT2D eigenvalue weighted by atomic mass is 10.2. The highest BCUT2D eigenvalue weighted by molar-refractivity contribution is 7.99. The summed E-state index contributed by atoms with van der Waals surface area (Å²) in [6.07, 6.45) is 0. The quantitative estimate of drug-likeness (QED) is 0.807. The second-order valence-electron chi connectivity index (χ2n) is 3.88. The molecule has 0 aromatic heterocycles. The first-order valence-electron chi connectivity index (χ1n) is 5.16. The lowest BCUT2D eigenvalue weighted by Gasteiger charge is -2.29. The van der Waals surface area contributed by atoms with Crippen molar-refractivity contribution in [3.63, 3.8) is 0 Å². The normalized spacial score (nSPS) is 18.8. The number of hydrogen-bond acceptors (Lipinski definition) is 3. The molecule has 0 saturated heterocycles. The Balaban J connectivity index is 2.73. The van der Waals surface area contributed by atoms with Crippen LogP contribution in [0.4, 0.5) is 4.39 Å². The highest BCUT2D eigenvalue weighted by atomic mass is 32.2. The van der Waals surface area contributed by atoms with E-state index < -0.39 is 15.8 Å². The third-order valence-electron chi connectivity index (χ3n) is 2.70. The average molecular weight is 269 g/mol. The summed E-state index contributed by atoms with van der Waals surface area (Å²) in [5.74, 6) is -0.869. The zero-order valence-corrected chi connectivity index (χ0v) is 10.7. The van der Waals surface area contributed by atoms with Gasteiger partial charge in [0.2, 0.25) is 5.96 Å². The van der Waals surface area contributed by atoms with Crippen molar-refractivity contribution in [1.82, 2.24) is 9.62 Å². The number of guanidine groups is 1. The van der Waals surface area contributed by atoms with Crippen LogP contribution < -0.4 is 5.32 Å². The molecule has 0 spiro atoms. The molecule has 1 aromatic rings. The highest BCUT2D eigenvalue weighted by Crippen LogP contribution is 2.30. The van der Waals surface area contributed by atoms with Gasteiger partial charge in [-0.2, -0.15) is 0 Å². The van der Waals surface area contributed by atoms with Crippen LogP contribution in [-0.4, -0.2) is 25.7 Å². The number of nitrogens with zero attached hydrogens (tertiary/aromatic N) is 1. The molecule has 5 nitrogen and oxygen atoms in total. The molecule has 0 aliphatic carbocycles. The van der Waals surface area contributed by atoms with Crippen LogP contribution in [0.15, 0.2) is 30.0 Å². The van der Waals surface area contributed by atoms with Crippen LogP contribution in [0.1, 0.15) is 12.5 Å². The van der Waals surface area contributed by atoms with Gasteiger partial charge in [0.25, 0.3) is 10.0 Å². The molecule has 7 heteroatoms. The van der Waals surface area contributed by atoms with E-state index in [-0.39, 0.29) is 22.1 Å². The Morgan fingerprint density at radius 2 is 1.94 bits per heavy atom. The number of nitrogens with one attached hydrogen (secondary N) is 2. The Morgan fingerprint density at radius 3 is 2.56 bits per heavy atom. The van der Waals surface area contributed by atoms with Crippen molar-refractivity contribution >= 4 is 20.9 Å². The fraction of sp³-hybridized carbons (Fsp3) is 0.182. The fourth-order valence-electron chi connectivity index (χ4n) is 1.75. The molecule has 2 N–H and O–H groups in total. The summed E-state index contributed by atoms with van der Waals surface area (Å²) in [6.45, 7) is 1.50. The minimum absolute atomic E-state index is 0.00171. The van der Waals surface area contributed by atoms with Crippen LogP contribution in [0, 0.1) is 11.2 Å². The van der Waals surface area contributed by atoms with Gasteiger partial charge in [0.05, 0.1) is 0 Å². The van der Waals surface area contributed by atoms with Crippen molar-refractivity contribution in [1.29, 1.82) is 5.41 Å². The molecule has 1 aromatic carbocycles. The summed E-state index contributed by atoms with van der Waals surface area (Å²) < 4.78 is 38.9. The van der Waals surface area contributed by atoms with Crippen LogP contribution in [0.5, 0.6) is 0 Å². The molecule has 1 heterocycles. The summed E-state index contributed by atoms with van der Waals surface area (Å²) in [5, 5.41) is 10.1. The Labute approximate surface area is 104 Å². The van der Waals surface area contributed by atoms with E-state index in [0.29, 0.717) is 0 Å². The van der Waals surface area contributed by atoms with Gasteiger partial charge in [-0.15, -0.1) is 0 Å². The van der Waals surface area contributed by atoms with Gasteiger partial charge in [0.15, 0.2) is 0 Å². The third kappa shape index (κ3) is 1.76. The first-order valence-corrected chi connectivity index (χ1v) is 6.60. The minimum Gasteiger partial charge on any atom is -0.328 e. The lowest BCUT2D eigenvalue weighted by Crippen LogP contribution is -2.46. The number of benzene rings is 1. The van der Waals surface area contributed by atoms with Gasteiger partial charge in [-0.05, 0) is 13.0 Å². The summed E-state index contributed by atoms with van der Waals surface area (Å²) in [7, 11) is -2.64.